The van der Waals surface area contributed by atoms with Gasteiger partial charge in [-0.15, -0.1) is 5.54 Å². The second-order valence-corrected chi connectivity index (χ2v) is 9.90. The summed E-state index contributed by atoms with van der Waals surface area (Å²) in [7, 11) is -1.64. The molecule has 6 heteroatoms. The van der Waals surface area contributed by atoms with Crippen molar-refractivity contribution in [1.29, 1.82) is 0 Å². The Bertz CT molecular complexity index is 543. The van der Waals surface area contributed by atoms with Crippen LogP contribution in [0.15, 0.2) is 12.1 Å². The molecule has 0 aliphatic carbocycles. The number of benzene rings is 1. The summed E-state index contributed by atoms with van der Waals surface area (Å²) >= 11 is 5.81. The first kappa shape index (κ1) is 14.5. The van der Waals surface area contributed by atoms with Crippen LogP contribution in [0.3, 0.4) is 0 Å². The number of nitrogens with one attached hydrogen (secondary N) is 1. The summed E-state index contributed by atoms with van der Waals surface area (Å²) in [6.45, 7) is 6.10. The molecule has 0 unspecified atom stereocenters. The predicted octanol–water partition coefficient (Wildman–Crippen LogP) is 3.80. The predicted molar refractivity (Wildman–Crippen MR) is 73.3 cm³/mol. The van der Waals surface area contributed by atoms with Crippen LogP contribution in [0.4, 0.5) is 14.9 Å². The van der Waals surface area contributed by atoms with E-state index in [4.69, 9.17) is 16.7 Å². The SMILES string of the molecule is C[Si](C)(C)C#Cc1cc(F)cc(Cl)c1NC(=O)O. The highest BCUT2D eigenvalue weighted by molar-refractivity contribution is 6.83. The van der Waals surface area contributed by atoms with Crippen LogP contribution in [-0.2, 0) is 0 Å². The first-order valence-electron chi connectivity index (χ1n) is 5.21. The quantitative estimate of drug-likeness (QED) is 0.609. The van der Waals surface area contributed by atoms with E-state index < -0.39 is 20.0 Å². The van der Waals surface area contributed by atoms with Gasteiger partial charge in [0.1, 0.15) is 13.9 Å². The van der Waals surface area contributed by atoms with Gasteiger partial charge in [-0.1, -0.05) is 37.2 Å². The number of hydrogen-bond acceptors (Lipinski definition) is 1. The number of amides is 1. The maximum absolute atomic E-state index is 13.2. The Labute approximate surface area is 111 Å². The number of carbonyl (C=O) groups is 1. The molecule has 0 aliphatic rings. The van der Waals surface area contributed by atoms with Gasteiger partial charge in [-0.2, -0.15) is 0 Å². The lowest BCUT2D eigenvalue weighted by atomic mass is 10.2. The van der Waals surface area contributed by atoms with E-state index in [1.807, 2.05) is 19.6 Å². The van der Waals surface area contributed by atoms with Crippen LogP contribution in [0.2, 0.25) is 24.7 Å². The van der Waals surface area contributed by atoms with Crippen LogP contribution in [0.25, 0.3) is 0 Å². The molecule has 0 saturated heterocycles. The van der Waals surface area contributed by atoms with E-state index in [-0.39, 0.29) is 16.3 Å². The summed E-state index contributed by atoms with van der Waals surface area (Å²) < 4.78 is 13.2. The lowest BCUT2D eigenvalue weighted by Gasteiger charge is -2.08. The normalized spacial score (nSPS) is 10.5. The Hall–Kier alpha value is -1.51. The number of anilines is 1. The highest BCUT2D eigenvalue weighted by Crippen LogP contribution is 2.27. The minimum atomic E-state index is -1.64. The Morgan fingerprint density at radius 3 is 2.56 bits per heavy atom. The van der Waals surface area contributed by atoms with E-state index in [0.717, 1.165) is 6.07 Å². The lowest BCUT2D eigenvalue weighted by molar-refractivity contribution is 0.209. The molecule has 0 fully saturated rings. The van der Waals surface area contributed by atoms with Crippen molar-refractivity contribution in [1.82, 2.24) is 0 Å². The van der Waals surface area contributed by atoms with Gasteiger partial charge in [-0.25, -0.2) is 9.18 Å². The molecule has 0 aliphatic heterocycles. The molecular formula is C12H13ClFNO2Si. The zero-order valence-corrected chi connectivity index (χ0v) is 12.0. The van der Waals surface area contributed by atoms with E-state index in [2.05, 4.69) is 16.8 Å². The monoisotopic (exact) mass is 285 g/mol. The molecule has 0 aromatic heterocycles. The Morgan fingerprint density at radius 2 is 2.06 bits per heavy atom. The van der Waals surface area contributed by atoms with Crippen molar-refractivity contribution < 1.29 is 14.3 Å². The summed E-state index contributed by atoms with van der Waals surface area (Å²) in [5, 5.41) is 10.8. The zero-order valence-electron chi connectivity index (χ0n) is 10.3. The molecule has 3 nitrogen and oxygen atoms in total. The molecule has 96 valence electrons. The molecule has 0 radical (unpaired) electrons. The third-order valence-corrected chi connectivity index (χ3v) is 3.03. The van der Waals surface area contributed by atoms with Gasteiger partial charge < -0.3 is 5.11 Å². The van der Waals surface area contributed by atoms with Crippen molar-refractivity contribution in [3.05, 3.63) is 28.5 Å². The molecule has 0 spiro atoms. The molecule has 1 amide bonds. The van der Waals surface area contributed by atoms with Crippen molar-refractivity contribution in [2.45, 2.75) is 19.6 Å². The lowest BCUT2D eigenvalue weighted by Crippen LogP contribution is -2.16. The van der Waals surface area contributed by atoms with Gasteiger partial charge in [0.25, 0.3) is 0 Å². The van der Waals surface area contributed by atoms with Crippen molar-refractivity contribution in [3.63, 3.8) is 0 Å². The van der Waals surface area contributed by atoms with Crippen LogP contribution in [0.1, 0.15) is 5.56 Å². The molecule has 2 N–H and O–H groups in total. The Morgan fingerprint density at radius 1 is 1.44 bits per heavy atom. The summed E-state index contributed by atoms with van der Waals surface area (Å²) in [4.78, 5) is 10.7. The van der Waals surface area contributed by atoms with Crippen molar-refractivity contribution in [2.24, 2.45) is 0 Å². The van der Waals surface area contributed by atoms with E-state index >= 15 is 0 Å². The molecule has 0 bridgehead atoms. The highest BCUT2D eigenvalue weighted by Gasteiger charge is 2.12. The van der Waals surface area contributed by atoms with Gasteiger partial charge in [-0.3, -0.25) is 5.32 Å². The number of rotatable bonds is 1. The topological polar surface area (TPSA) is 49.3 Å². The molecule has 0 atom stereocenters. The molecular weight excluding hydrogens is 273 g/mol. The van der Waals surface area contributed by atoms with E-state index in [1.165, 1.54) is 6.07 Å². The molecule has 1 aromatic rings. The number of carboxylic acid groups (broad SMARTS) is 1. The van der Waals surface area contributed by atoms with Crippen molar-refractivity contribution in [3.8, 4) is 11.5 Å². The van der Waals surface area contributed by atoms with E-state index in [1.54, 1.807) is 0 Å². The highest BCUT2D eigenvalue weighted by atomic mass is 35.5. The summed E-state index contributed by atoms with van der Waals surface area (Å²) in [5.41, 5.74) is 3.41. The maximum Gasteiger partial charge on any atom is 0.409 e. The Kier molecular flexibility index (Phi) is 4.38. The van der Waals surface area contributed by atoms with E-state index in [9.17, 15) is 9.18 Å². The standard InChI is InChI=1S/C12H13ClFNO2Si/c1-18(2,3)5-4-8-6-9(14)7-10(13)11(8)15-12(16)17/h6-7,15H,1-3H3,(H,16,17). The summed E-state index contributed by atoms with van der Waals surface area (Å²) in [5.74, 6) is 2.26. The van der Waals surface area contributed by atoms with Gasteiger partial charge in [0.2, 0.25) is 0 Å². The summed E-state index contributed by atoms with van der Waals surface area (Å²) in [6.07, 6.45) is -1.26. The van der Waals surface area contributed by atoms with Gasteiger partial charge in [0, 0.05) is 0 Å². The fourth-order valence-electron chi connectivity index (χ4n) is 1.16. The minimum absolute atomic E-state index is 0.00252. The molecule has 1 aromatic carbocycles. The smallest absolute Gasteiger partial charge is 0.409 e. The second kappa shape index (κ2) is 5.42. The van der Waals surface area contributed by atoms with Gasteiger partial charge in [-0.05, 0) is 12.1 Å². The third kappa shape index (κ3) is 4.39. The molecule has 18 heavy (non-hydrogen) atoms. The average Bonchev–Trinajstić information content (AvgIpc) is 2.17. The van der Waals surface area contributed by atoms with Crippen LogP contribution in [0, 0.1) is 17.3 Å². The number of halogens is 2. The molecule has 0 heterocycles. The van der Waals surface area contributed by atoms with Crippen molar-refractivity contribution >= 4 is 31.5 Å². The van der Waals surface area contributed by atoms with Crippen molar-refractivity contribution in [2.75, 3.05) is 5.32 Å². The van der Waals surface area contributed by atoms with Crippen LogP contribution >= 0.6 is 11.6 Å². The summed E-state index contributed by atoms with van der Waals surface area (Å²) in [6, 6.07) is 2.22. The average molecular weight is 286 g/mol. The van der Waals surface area contributed by atoms with Crippen LogP contribution in [0.5, 0.6) is 0 Å². The fraction of sp³-hybridized carbons (Fsp3) is 0.250. The minimum Gasteiger partial charge on any atom is -0.465 e. The molecule has 1 rings (SSSR count). The second-order valence-electron chi connectivity index (χ2n) is 4.74. The molecule has 0 saturated carbocycles. The van der Waals surface area contributed by atoms with Gasteiger partial charge in [0.05, 0.1) is 16.3 Å². The first-order chi connectivity index (χ1) is 8.19. The fourth-order valence-corrected chi connectivity index (χ4v) is 1.92. The maximum atomic E-state index is 13.2. The van der Waals surface area contributed by atoms with Gasteiger partial charge in [0.15, 0.2) is 0 Å². The first-order valence-corrected chi connectivity index (χ1v) is 9.09. The largest absolute Gasteiger partial charge is 0.465 e. The third-order valence-electron chi connectivity index (χ3n) is 1.86. The van der Waals surface area contributed by atoms with Crippen LogP contribution in [-0.4, -0.2) is 19.3 Å². The Balaban J connectivity index is 3.30. The van der Waals surface area contributed by atoms with Gasteiger partial charge >= 0.3 is 6.09 Å². The zero-order chi connectivity index (χ0) is 13.9. The van der Waals surface area contributed by atoms with E-state index in [0.29, 0.717) is 0 Å². The number of hydrogen-bond donors (Lipinski definition) is 2. The van der Waals surface area contributed by atoms with Crippen LogP contribution < -0.4 is 5.32 Å².